The third kappa shape index (κ3) is 2.65. The zero-order valence-corrected chi connectivity index (χ0v) is 12.7. The van der Waals surface area contributed by atoms with E-state index in [9.17, 15) is 4.79 Å². The molecule has 0 saturated heterocycles. The minimum Gasteiger partial charge on any atom is -0.493 e. The number of aryl methyl sites for hydroxylation is 1. The van der Waals surface area contributed by atoms with E-state index in [-0.39, 0.29) is 5.91 Å². The third-order valence-corrected chi connectivity index (χ3v) is 4.08. The van der Waals surface area contributed by atoms with Crippen molar-refractivity contribution in [2.45, 2.75) is 19.4 Å². The first-order valence-corrected chi connectivity index (χ1v) is 7.77. The highest BCUT2D eigenvalue weighted by Gasteiger charge is 2.13. The number of pyridine rings is 1. The van der Waals surface area contributed by atoms with Gasteiger partial charge in [-0.3, -0.25) is 4.79 Å². The quantitative estimate of drug-likeness (QED) is 0.809. The molecule has 0 saturated carbocycles. The van der Waals surface area contributed by atoms with Gasteiger partial charge in [0.1, 0.15) is 11.4 Å². The molecule has 0 fully saturated rings. The van der Waals surface area contributed by atoms with Gasteiger partial charge in [-0.05, 0) is 48.2 Å². The number of fused-ring (bicyclic) bond motifs is 2. The van der Waals surface area contributed by atoms with Crippen LogP contribution in [0.5, 0.6) is 5.75 Å². The summed E-state index contributed by atoms with van der Waals surface area (Å²) < 4.78 is 7.26. The molecule has 0 bridgehead atoms. The molecule has 1 aromatic carbocycles. The van der Waals surface area contributed by atoms with E-state index in [1.165, 1.54) is 5.56 Å². The Labute approximate surface area is 133 Å². The second kappa shape index (κ2) is 5.76. The van der Waals surface area contributed by atoms with Gasteiger partial charge < -0.3 is 10.1 Å². The standard InChI is InChI=1S/C18H17N3O2/c22-18(16-5-1-4-15-8-9-20-21(15)16)19-12-13-6-7-17-14(11-13)3-2-10-23-17/h1,4-9,11H,2-3,10,12H2,(H,19,22). The van der Waals surface area contributed by atoms with E-state index in [1.807, 2.05) is 30.3 Å². The van der Waals surface area contributed by atoms with Crippen molar-refractivity contribution in [1.29, 1.82) is 0 Å². The smallest absolute Gasteiger partial charge is 0.270 e. The second-order valence-electron chi connectivity index (χ2n) is 5.66. The van der Waals surface area contributed by atoms with Crippen LogP contribution in [0.25, 0.3) is 5.52 Å². The number of aromatic nitrogens is 2. The van der Waals surface area contributed by atoms with Gasteiger partial charge in [-0.15, -0.1) is 0 Å². The Morgan fingerprint density at radius 3 is 3.17 bits per heavy atom. The van der Waals surface area contributed by atoms with Gasteiger partial charge >= 0.3 is 0 Å². The molecule has 23 heavy (non-hydrogen) atoms. The van der Waals surface area contributed by atoms with Crippen LogP contribution in [0.3, 0.4) is 0 Å². The molecule has 1 N–H and O–H groups in total. The maximum atomic E-state index is 12.4. The number of benzene rings is 1. The Kier molecular flexibility index (Phi) is 3.46. The van der Waals surface area contributed by atoms with Gasteiger partial charge in [-0.2, -0.15) is 5.10 Å². The summed E-state index contributed by atoms with van der Waals surface area (Å²) in [4.78, 5) is 12.4. The van der Waals surface area contributed by atoms with Crippen LogP contribution < -0.4 is 10.1 Å². The fourth-order valence-electron chi connectivity index (χ4n) is 2.92. The minimum atomic E-state index is -0.131. The van der Waals surface area contributed by atoms with E-state index in [1.54, 1.807) is 16.8 Å². The van der Waals surface area contributed by atoms with Gasteiger partial charge in [-0.25, -0.2) is 4.52 Å². The Morgan fingerprint density at radius 1 is 1.26 bits per heavy atom. The van der Waals surface area contributed by atoms with Crippen LogP contribution in [-0.4, -0.2) is 22.1 Å². The molecule has 1 amide bonds. The lowest BCUT2D eigenvalue weighted by molar-refractivity contribution is 0.0943. The van der Waals surface area contributed by atoms with Crippen molar-refractivity contribution in [1.82, 2.24) is 14.9 Å². The molecule has 3 heterocycles. The summed E-state index contributed by atoms with van der Waals surface area (Å²) in [6.07, 6.45) is 3.77. The van der Waals surface area contributed by atoms with Crippen molar-refractivity contribution in [2.75, 3.05) is 6.61 Å². The number of hydrogen-bond donors (Lipinski definition) is 1. The molecule has 1 aliphatic rings. The molecule has 4 rings (SSSR count). The van der Waals surface area contributed by atoms with Crippen molar-refractivity contribution in [3.63, 3.8) is 0 Å². The maximum Gasteiger partial charge on any atom is 0.270 e. The number of ether oxygens (including phenoxy) is 1. The predicted molar refractivity (Wildman–Crippen MR) is 86.6 cm³/mol. The number of carbonyl (C=O) groups excluding carboxylic acids is 1. The van der Waals surface area contributed by atoms with Crippen molar-refractivity contribution in [3.8, 4) is 5.75 Å². The molecule has 0 atom stereocenters. The van der Waals surface area contributed by atoms with Crippen LogP contribution in [0.15, 0.2) is 48.7 Å². The minimum absolute atomic E-state index is 0.131. The first-order chi connectivity index (χ1) is 11.3. The van der Waals surface area contributed by atoms with Gasteiger partial charge in [0.2, 0.25) is 0 Å². The number of carbonyl (C=O) groups is 1. The fourth-order valence-corrected chi connectivity index (χ4v) is 2.92. The molecule has 116 valence electrons. The van der Waals surface area contributed by atoms with Gasteiger partial charge in [0, 0.05) is 6.54 Å². The zero-order valence-electron chi connectivity index (χ0n) is 12.7. The zero-order chi connectivity index (χ0) is 15.6. The Morgan fingerprint density at radius 2 is 2.22 bits per heavy atom. The van der Waals surface area contributed by atoms with Crippen LogP contribution in [0.4, 0.5) is 0 Å². The number of hydrogen-bond acceptors (Lipinski definition) is 3. The summed E-state index contributed by atoms with van der Waals surface area (Å²) in [5, 5.41) is 7.16. The van der Waals surface area contributed by atoms with Crippen LogP contribution in [0, 0.1) is 0 Å². The molecule has 5 heteroatoms. The second-order valence-corrected chi connectivity index (χ2v) is 5.66. The predicted octanol–water partition coefficient (Wildman–Crippen LogP) is 2.59. The SMILES string of the molecule is O=C(NCc1ccc2c(c1)CCCO2)c1cccc2ccnn12. The summed E-state index contributed by atoms with van der Waals surface area (Å²) >= 11 is 0. The lowest BCUT2D eigenvalue weighted by Crippen LogP contribution is -2.25. The van der Waals surface area contributed by atoms with Gasteiger partial charge in [0.15, 0.2) is 0 Å². The topological polar surface area (TPSA) is 55.6 Å². The molecule has 2 aromatic heterocycles. The molecule has 0 aliphatic carbocycles. The Hall–Kier alpha value is -2.82. The summed E-state index contributed by atoms with van der Waals surface area (Å²) in [5.74, 6) is 0.834. The van der Waals surface area contributed by atoms with Gasteiger partial charge in [0.05, 0.1) is 18.3 Å². The molecule has 0 spiro atoms. The number of rotatable bonds is 3. The van der Waals surface area contributed by atoms with Crippen LogP contribution in [0.1, 0.15) is 28.0 Å². The van der Waals surface area contributed by atoms with Crippen LogP contribution in [0.2, 0.25) is 0 Å². The fraction of sp³-hybridized carbons (Fsp3) is 0.222. The molecule has 5 nitrogen and oxygen atoms in total. The average Bonchev–Trinajstić information content (AvgIpc) is 3.08. The monoisotopic (exact) mass is 307 g/mol. The Balaban J connectivity index is 1.50. The van der Waals surface area contributed by atoms with Gasteiger partial charge in [0.25, 0.3) is 5.91 Å². The lowest BCUT2D eigenvalue weighted by Gasteiger charge is -2.18. The highest BCUT2D eigenvalue weighted by atomic mass is 16.5. The molecule has 0 unspecified atom stereocenters. The van der Waals surface area contributed by atoms with E-state index >= 15 is 0 Å². The first kappa shape index (κ1) is 13.8. The highest BCUT2D eigenvalue weighted by Crippen LogP contribution is 2.25. The maximum absolute atomic E-state index is 12.4. The first-order valence-electron chi connectivity index (χ1n) is 7.77. The third-order valence-electron chi connectivity index (χ3n) is 4.08. The largest absolute Gasteiger partial charge is 0.493 e. The summed E-state index contributed by atoms with van der Waals surface area (Å²) in [5.41, 5.74) is 3.74. The van der Waals surface area contributed by atoms with E-state index < -0.39 is 0 Å². The van der Waals surface area contributed by atoms with E-state index in [0.29, 0.717) is 12.2 Å². The van der Waals surface area contributed by atoms with Gasteiger partial charge in [-0.1, -0.05) is 18.2 Å². The molecular weight excluding hydrogens is 290 g/mol. The summed E-state index contributed by atoms with van der Waals surface area (Å²) in [6.45, 7) is 1.28. The molecule has 3 aromatic rings. The number of nitrogens with one attached hydrogen (secondary N) is 1. The number of nitrogens with zero attached hydrogens (tertiary/aromatic N) is 2. The average molecular weight is 307 g/mol. The van der Waals surface area contributed by atoms with Crippen LogP contribution in [-0.2, 0) is 13.0 Å². The summed E-state index contributed by atoms with van der Waals surface area (Å²) in [6, 6.07) is 13.5. The highest BCUT2D eigenvalue weighted by molar-refractivity contribution is 5.93. The van der Waals surface area contributed by atoms with Crippen LogP contribution >= 0.6 is 0 Å². The lowest BCUT2D eigenvalue weighted by atomic mass is 10.0. The summed E-state index contributed by atoms with van der Waals surface area (Å²) in [7, 11) is 0. The van der Waals surface area contributed by atoms with Crippen molar-refractivity contribution in [2.24, 2.45) is 0 Å². The molecule has 0 radical (unpaired) electrons. The van der Waals surface area contributed by atoms with E-state index in [0.717, 1.165) is 36.3 Å². The van der Waals surface area contributed by atoms with Crippen molar-refractivity contribution in [3.05, 3.63) is 65.5 Å². The van der Waals surface area contributed by atoms with Crippen molar-refractivity contribution < 1.29 is 9.53 Å². The van der Waals surface area contributed by atoms with E-state index in [2.05, 4.69) is 16.5 Å². The molecular formula is C18H17N3O2. The molecule has 1 aliphatic heterocycles. The van der Waals surface area contributed by atoms with Crippen molar-refractivity contribution >= 4 is 11.4 Å². The van der Waals surface area contributed by atoms with E-state index in [4.69, 9.17) is 4.74 Å². The normalized spacial score (nSPS) is 13.4. The number of amides is 1. The Bertz CT molecular complexity index is 870.